The van der Waals surface area contributed by atoms with Crippen LogP contribution in [0.25, 0.3) is 0 Å². The summed E-state index contributed by atoms with van der Waals surface area (Å²) in [6.45, 7) is 3.98. The van der Waals surface area contributed by atoms with Gasteiger partial charge in [-0.2, -0.15) is 5.26 Å². The van der Waals surface area contributed by atoms with Gasteiger partial charge in [-0.25, -0.2) is 0 Å². The van der Waals surface area contributed by atoms with Crippen LogP contribution in [-0.4, -0.2) is 24.1 Å². The maximum absolute atomic E-state index is 13.2. The number of anilines is 1. The van der Waals surface area contributed by atoms with Crippen molar-refractivity contribution < 1.29 is 9.59 Å². The van der Waals surface area contributed by atoms with Crippen molar-refractivity contribution in [1.82, 2.24) is 5.32 Å². The van der Waals surface area contributed by atoms with E-state index < -0.39 is 11.2 Å². The SMILES string of the molecule is CNC(=O)/C(C#N)=C1\S[C@H](Cc2ccc(C)cc2)C(=O)N1c1ccc(C)cc1. The summed E-state index contributed by atoms with van der Waals surface area (Å²) in [6, 6.07) is 17.5. The molecule has 2 aromatic rings. The van der Waals surface area contributed by atoms with E-state index in [0.29, 0.717) is 17.1 Å². The molecule has 2 aromatic carbocycles. The summed E-state index contributed by atoms with van der Waals surface area (Å²) >= 11 is 1.27. The number of carbonyl (C=O) groups excluding carboxylic acids is 2. The summed E-state index contributed by atoms with van der Waals surface area (Å²) in [4.78, 5) is 27.0. The zero-order chi connectivity index (χ0) is 20.3. The monoisotopic (exact) mass is 391 g/mol. The van der Waals surface area contributed by atoms with Gasteiger partial charge in [-0.1, -0.05) is 59.3 Å². The normalized spacial score (nSPS) is 18.0. The first-order chi connectivity index (χ1) is 13.4. The Kier molecular flexibility index (Phi) is 5.86. The minimum Gasteiger partial charge on any atom is -0.354 e. The van der Waals surface area contributed by atoms with E-state index in [-0.39, 0.29) is 11.5 Å². The van der Waals surface area contributed by atoms with Crippen molar-refractivity contribution in [2.24, 2.45) is 0 Å². The van der Waals surface area contributed by atoms with Gasteiger partial charge in [0.05, 0.1) is 5.25 Å². The molecule has 0 spiro atoms. The maximum atomic E-state index is 13.2. The van der Waals surface area contributed by atoms with E-state index in [1.807, 2.05) is 68.4 Å². The van der Waals surface area contributed by atoms with Crippen LogP contribution in [0.15, 0.2) is 59.1 Å². The van der Waals surface area contributed by atoms with Crippen LogP contribution in [0, 0.1) is 25.2 Å². The van der Waals surface area contributed by atoms with E-state index >= 15 is 0 Å². The number of hydrogen-bond donors (Lipinski definition) is 1. The fourth-order valence-electron chi connectivity index (χ4n) is 2.98. The Labute approximate surface area is 169 Å². The molecule has 0 aromatic heterocycles. The fourth-order valence-corrected chi connectivity index (χ4v) is 4.29. The second-order valence-electron chi connectivity index (χ2n) is 6.68. The molecule has 0 radical (unpaired) electrons. The maximum Gasteiger partial charge on any atom is 0.264 e. The Morgan fingerprint density at radius 1 is 1.11 bits per heavy atom. The van der Waals surface area contributed by atoms with Gasteiger partial charge in [-0.05, 0) is 38.0 Å². The molecular formula is C22H21N3O2S. The minimum absolute atomic E-state index is 0.0483. The molecule has 0 bridgehead atoms. The van der Waals surface area contributed by atoms with Crippen molar-refractivity contribution in [2.45, 2.75) is 25.5 Å². The Bertz CT molecular complexity index is 972. The van der Waals surface area contributed by atoms with Gasteiger partial charge < -0.3 is 5.32 Å². The topological polar surface area (TPSA) is 73.2 Å². The van der Waals surface area contributed by atoms with Gasteiger partial charge in [-0.3, -0.25) is 14.5 Å². The molecular weight excluding hydrogens is 370 g/mol. The van der Waals surface area contributed by atoms with E-state index in [1.165, 1.54) is 23.7 Å². The molecule has 28 heavy (non-hydrogen) atoms. The summed E-state index contributed by atoms with van der Waals surface area (Å²) in [5, 5.41) is 12.0. The molecule has 1 N–H and O–H groups in total. The van der Waals surface area contributed by atoms with Gasteiger partial charge in [0, 0.05) is 12.7 Å². The van der Waals surface area contributed by atoms with Crippen molar-refractivity contribution in [3.63, 3.8) is 0 Å². The molecule has 0 unspecified atom stereocenters. The van der Waals surface area contributed by atoms with E-state index in [2.05, 4.69) is 5.32 Å². The molecule has 1 aliphatic rings. The average Bonchev–Trinajstić information content (AvgIpc) is 3.00. The molecule has 0 aliphatic carbocycles. The molecule has 2 amide bonds. The van der Waals surface area contributed by atoms with Crippen LogP contribution in [0.4, 0.5) is 5.69 Å². The molecule has 0 saturated carbocycles. The second-order valence-corrected chi connectivity index (χ2v) is 7.87. The summed E-state index contributed by atoms with van der Waals surface area (Å²) in [5.41, 5.74) is 3.87. The zero-order valence-electron chi connectivity index (χ0n) is 16.0. The lowest BCUT2D eigenvalue weighted by Crippen LogP contribution is -2.31. The average molecular weight is 391 g/mol. The number of aryl methyl sites for hydroxylation is 2. The standard InChI is InChI=1S/C22H21N3O2S/c1-14-4-8-16(9-5-14)12-19-21(27)25(17-10-6-15(2)7-11-17)22(28-19)18(13-23)20(26)24-3/h4-11,19H,12H2,1-3H3,(H,24,26)/b22-18-/t19-/m1/s1. The van der Waals surface area contributed by atoms with E-state index in [4.69, 9.17) is 0 Å². The van der Waals surface area contributed by atoms with Crippen molar-refractivity contribution >= 4 is 29.3 Å². The number of nitrogens with zero attached hydrogens (tertiary/aromatic N) is 2. The fraction of sp³-hybridized carbons (Fsp3) is 0.227. The van der Waals surface area contributed by atoms with Crippen molar-refractivity contribution in [3.05, 3.63) is 75.8 Å². The first-order valence-electron chi connectivity index (χ1n) is 8.94. The van der Waals surface area contributed by atoms with E-state index in [1.54, 1.807) is 0 Å². The van der Waals surface area contributed by atoms with Crippen molar-refractivity contribution in [3.8, 4) is 6.07 Å². The molecule has 6 heteroatoms. The third-order valence-corrected chi connectivity index (χ3v) is 5.83. The van der Waals surface area contributed by atoms with Crippen molar-refractivity contribution in [1.29, 1.82) is 5.26 Å². The molecule has 142 valence electrons. The Morgan fingerprint density at radius 2 is 1.68 bits per heavy atom. The van der Waals surface area contributed by atoms with Crippen LogP contribution >= 0.6 is 11.8 Å². The Balaban J connectivity index is 2.03. The van der Waals surface area contributed by atoms with Gasteiger partial charge in [0.1, 0.15) is 16.7 Å². The van der Waals surface area contributed by atoms with Crippen LogP contribution in [0.2, 0.25) is 0 Å². The second kappa shape index (κ2) is 8.32. The van der Waals surface area contributed by atoms with Crippen LogP contribution in [0.3, 0.4) is 0 Å². The number of nitriles is 1. The minimum atomic E-state index is -0.495. The Hall–Kier alpha value is -3.04. The molecule has 5 nitrogen and oxygen atoms in total. The summed E-state index contributed by atoms with van der Waals surface area (Å²) in [6.07, 6.45) is 0.530. The number of thioether (sulfide) groups is 1. The van der Waals surface area contributed by atoms with E-state index in [0.717, 1.165) is 16.7 Å². The summed E-state index contributed by atoms with van der Waals surface area (Å²) < 4.78 is 0. The Morgan fingerprint density at radius 3 is 2.21 bits per heavy atom. The first-order valence-corrected chi connectivity index (χ1v) is 9.82. The zero-order valence-corrected chi connectivity index (χ0v) is 16.8. The third kappa shape index (κ3) is 3.95. The number of hydrogen-bond acceptors (Lipinski definition) is 4. The van der Waals surface area contributed by atoms with Crippen LogP contribution in [0.1, 0.15) is 16.7 Å². The molecule has 1 saturated heterocycles. The van der Waals surface area contributed by atoms with Gasteiger partial charge in [-0.15, -0.1) is 0 Å². The quantitative estimate of drug-likeness (QED) is 0.640. The van der Waals surface area contributed by atoms with Crippen molar-refractivity contribution in [2.75, 3.05) is 11.9 Å². The molecule has 1 aliphatic heterocycles. The smallest absolute Gasteiger partial charge is 0.264 e. The molecule has 1 atom stereocenters. The van der Waals surface area contributed by atoms with Gasteiger partial charge >= 0.3 is 0 Å². The number of benzene rings is 2. The van der Waals surface area contributed by atoms with Crippen LogP contribution in [0.5, 0.6) is 0 Å². The molecule has 1 fully saturated rings. The predicted octanol–water partition coefficient (Wildman–Crippen LogP) is 3.48. The third-order valence-electron chi connectivity index (χ3n) is 4.57. The lowest BCUT2D eigenvalue weighted by molar-refractivity contribution is -0.117. The van der Waals surface area contributed by atoms with Crippen LogP contribution < -0.4 is 10.2 Å². The highest BCUT2D eigenvalue weighted by Crippen LogP contribution is 2.41. The summed E-state index contributed by atoms with van der Waals surface area (Å²) in [5.74, 6) is -0.619. The largest absolute Gasteiger partial charge is 0.354 e. The summed E-state index contributed by atoms with van der Waals surface area (Å²) in [7, 11) is 1.47. The highest BCUT2D eigenvalue weighted by atomic mass is 32.2. The lowest BCUT2D eigenvalue weighted by atomic mass is 10.1. The molecule has 1 heterocycles. The highest BCUT2D eigenvalue weighted by molar-refractivity contribution is 8.05. The number of rotatable bonds is 4. The van der Waals surface area contributed by atoms with Crippen LogP contribution in [-0.2, 0) is 16.0 Å². The highest BCUT2D eigenvalue weighted by Gasteiger charge is 2.40. The predicted molar refractivity (Wildman–Crippen MR) is 112 cm³/mol. The lowest BCUT2D eigenvalue weighted by Gasteiger charge is -2.18. The van der Waals surface area contributed by atoms with Gasteiger partial charge in [0.2, 0.25) is 5.91 Å². The van der Waals surface area contributed by atoms with E-state index in [9.17, 15) is 14.9 Å². The van der Waals surface area contributed by atoms with Gasteiger partial charge in [0.15, 0.2) is 0 Å². The van der Waals surface area contributed by atoms with Gasteiger partial charge in [0.25, 0.3) is 5.91 Å². The number of nitrogens with one attached hydrogen (secondary N) is 1. The molecule has 3 rings (SSSR count). The number of likely N-dealkylation sites (N-methyl/N-ethyl adjacent to an activating group) is 1. The first kappa shape index (κ1) is 19.7. The number of carbonyl (C=O) groups is 2. The number of amides is 2.